The first-order chi connectivity index (χ1) is 10.3. The Morgan fingerprint density at radius 2 is 2.00 bits per heavy atom. The molecule has 2 aromatic heterocycles. The summed E-state index contributed by atoms with van der Waals surface area (Å²) in [6, 6.07) is 9.97. The quantitative estimate of drug-likeness (QED) is 0.676. The first-order valence-electron chi connectivity index (χ1n) is 6.94. The molecule has 108 valence electrons. The Balaban J connectivity index is 2.11. The molecule has 21 heavy (non-hydrogen) atoms. The van der Waals surface area contributed by atoms with Crippen molar-refractivity contribution in [2.45, 2.75) is 13.3 Å². The Hall–Kier alpha value is -2.07. The molecule has 0 aliphatic heterocycles. The number of fused-ring (bicyclic) bond motifs is 1. The minimum atomic E-state index is 0.535. The second kappa shape index (κ2) is 6.14. The molecule has 0 saturated heterocycles. The maximum Gasteiger partial charge on any atom is 0.119 e. The predicted molar refractivity (Wildman–Crippen MR) is 84.5 cm³/mol. The number of rotatable bonds is 5. The largest absolute Gasteiger partial charge is 0.494 e. The Labute approximate surface area is 128 Å². The fourth-order valence-corrected chi connectivity index (χ4v) is 2.55. The van der Waals surface area contributed by atoms with Gasteiger partial charge in [-0.1, -0.05) is 0 Å². The van der Waals surface area contributed by atoms with E-state index in [0.717, 1.165) is 28.3 Å². The molecule has 0 saturated carbocycles. The smallest absolute Gasteiger partial charge is 0.119 e. The van der Waals surface area contributed by atoms with E-state index in [4.69, 9.17) is 16.3 Å². The van der Waals surface area contributed by atoms with Gasteiger partial charge in [-0.15, -0.1) is 11.6 Å². The maximum absolute atomic E-state index is 5.90. The van der Waals surface area contributed by atoms with Crippen LogP contribution in [0, 0.1) is 0 Å². The zero-order valence-electron chi connectivity index (χ0n) is 11.8. The topological polar surface area (TPSA) is 39.9 Å². The van der Waals surface area contributed by atoms with Crippen LogP contribution in [0.15, 0.2) is 42.7 Å². The van der Waals surface area contributed by atoms with Crippen LogP contribution < -0.4 is 4.74 Å². The molecule has 3 aromatic rings. The van der Waals surface area contributed by atoms with Gasteiger partial charge < -0.3 is 4.74 Å². The average Bonchev–Trinajstić information content (AvgIpc) is 2.87. The normalized spacial score (nSPS) is 11.0. The molecular formula is C16H16ClN3O. The number of aryl methyl sites for hydroxylation is 1. The maximum atomic E-state index is 5.90. The van der Waals surface area contributed by atoms with Gasteiger partial charge in [0.1, 0.15) is 17.1 Å². The Kier molecular flexibility index (Phi) is 4.06. The number of benzene rings is 1. The van der Waals surface area contributed by atoms with E-state index in [1.165, 1.54) is 0 Å². The molecule has 5 heteroatoms. The van der Waals surface area contributed by atoms with Gasteiger partial charge >= 0.3 is 0 Å². The van der Waals surface area contributed by atoms with Crippen LogP contribution in [0.5, 0.6) is 5.75 Å². The lowest BCUT2D eigenvalue weighted by atomic mass is 10.2. The molecule has 0 fully saturated rings. The van der Waals surface area contributed by atoms with Crippen molar-refractivity contribution in [2.75, 3.05) is 12.5 Å². The minimum absolute atomic E-state index is 0.535. The van der Waals surface area contributed by atoms with Crippen molar-refractivity contribution in [1.29, 1.82) is 0 Å². The molecule has 0 atom stereocenters. The fourth-order valence-electron chi connectivity index (χ4n) is 2.38. The second-order valence-electron chi connectivity index (χ2n) is 4.59. The van der Waals surface area contributed by atoms with Crippen molar-refractivity contribution in [2.24, 2.45) is 0 Å². The van der Waals surface area contributed by atoms with E-state index in [-0.39, 0.29) is 0 Å². The zero-order valence-corrected chi connectivity index (χ0v) is 12.5. The van der Waals surface area contributed by atoms with Crippen LogP contribution >= 0.6 is 11.6 Å². The molecule has 0 aliphatic carbocycles. The molecule has 0 radical (unpaired) electrons. The monoisotopic (exact) mass is 301 g/mol. The summed E-state index contributed by atoms with van der Waals surface area (Å²) in [6.45, 7) is 2.64. The van der Waals surface area contributed by atoms with Gasteiger partial charge in [-0.05, 0) is 37.3 Å². The lowest BCUT2D eigenvalue weighted by Gasteiger charge is -2.10. The standard InChI is InChI=1S/C16H16ClN3O/c1-2-21-13-5-3-12(4-6-13)20-15-8-10-18-11-14(15)19-16(20)7-9-17/h3-6,8,10-11H,2,7,9H2,1H3. The van der Waals surface area contributed by atoms with E-state index in [2.05, 4.69) is 14.5 Å². The third-order valence-electron chi connectivity index (χ3n) is 3.25. The third-order valence-corrected chi connectivity index (χ3v) is 3.44. The Morgan fingerprint density at radius 3 is 2.71 bits per heavy atom. The summed E-state index contributed by atoms with van der Waals surface area (Å²) < 4.78 is 7.61. The first kappa shape index (κ1) is 13.9. The van der Waals surface area contributed by atoms with Crippen LogP contribution in [0.2, 0.25) is 0 Å². The van der Waals surface area contributed by atoms with Gasteiger partial charge in [0.15, 0.2) is 0 Å². The number of nitrogens with zero attached hydrogens (tertiary/aromatic N) is 3. The summed E-state index contributed by atoms with van der Waals surface area (Å²) in [5, 5.41) is 0. The van der Waals surface area contributed by atoms with Crippen molar-refractivity contribution >= 4 is 22.6 Å². The zero-order chi connectivity index (χ0) is 14.7. The molecule has 1 aromatic carbocycles. The van der Waals surface area contributed by atoms with Crippen molar-refractivity contribution in [1.82, 2.24) is 14.5 Å². The van der Waals surface area contributed by atoms with E-state index in [1.807, 2.05) is 37.3 Å². The average molecular weight is 302 g/mol. The fraction of sp³-hybridized carbons (Fsp3) is 0.250. The van der Waals surface area contributed by atoms with Crippen LogP contribution in [-0.4, -0.2) is 27.0 Å². The number of imidazole rings is 1. The third kappa shape index (κ3) is 2.72. The highest BCUT2D eigenvalue weighted by Crippen LogP contribution is 2.23. The SMILES string of the molecule is CCOc1ccc(-n2c(CCCl)nc3cnccc32)cc1. The highest BCUT2D eigenvalue weighted by atomic mass is 35.5. The van der Waals surface area contributed by atoms with E-state index in [9.17, 15) is 0 Å². The van der Waals surface area contributed by atoms with Crippen LogP contribution in [0.25, 0.3) is 16.7 Å². The lowest BCUT2D eigenvalue weighted by Crippen LogP contribution is -2.02. The van der Waals surface area contributed by atoms with Gasteiger partial charge in [0.2, 0.25) is 0 Å². The molecule has 0 bridgehead atoms. The van der Waals surface area contributed by atoms with Gasteiger partial charge in [0.05, 0.1) is 18.3 Å². The first-order valence-corrected chi connectivity index (χ1v) is 7.47. The molecule has 2 heterocycles. The summed E-state index contributed by atoms with van der Waals surface area (Å²) in [4.78, 5) is 8.75. The van der Waals surface area contributed by atoms with Crippen molar-refractivity contribution < 1.29 is 4.74 Å². The number of pyridine rings is 1. The molecule has 0 N–H and O–H groups in total. The molecule has 0 amide bonds. The van der Waals surface area contributed by atoms with Gasteiger partial charge in [-0.3, -0.25) is 9.55 Å². The van der Waals surface area contributed by atoms with Crippen LogP contribution in [0.3, 0.4) is 0 Å². The number of hydrogen-bond acceptors (Lipinski definition) is 3. The molecule has 4 nitrogen and oxygen atoms in total. The molecule has 0 spiro atoms. The van der Waals surface area contributed by atoms with Crippen molar-refractivity contribution in [3.8, 4) is 11.4 Å². The molecule has 0 unspecified atom stereocenters. The summed E-state index contributed by atoms with van der Waals surface area (Å²) >= 11 is 5.90. The van der Waals surface area contributed by atoms with E-state index in [1.54, 1.807) is 12.4 Å². The number of halogens is 1. The van der Waals surface area contributed by atoms with Crippen molar-refractivity contribution in [3.63, 3.8) is 0 Å². The molecule has 0 aliphatic rings. The van der Waals surface area contributed by atoms with E-state index < -0.39 is 0 Å². The Bertz CT molecular complexity index is 737. The number of ether oxygens (including phenoxy) is 1. The van der Waals surface area contributed by atoms with Crippen LogP contribution in [0.4, 0.5) is 0 Å². The summed E-state index contributed by atoms with van der Waals surface area (Å²) in [6.07, 6.45) is 4.27. The predicted octanol–water partition coefficient (Wildman–Crippen LogP) is 3.60. The second-order valence-corrected chi connectivity index (χ2v) is 4.97. The van der Waals surface area contributed by atoms with Gasteiger partial charge in [0, 0.05) is 24.2 Å². The number of alkyl halides is 1. The van der Waals surface area contributed by atoms with Crippen LogP contribution in [0.1, 0.15) is 12.7 Å². The van der Waals surface area contributed by atoms with Crippen LogP contribution in [-0.2, 0) is 6.42 Å². The Morgan fingerprint density at radius 1 is 1.19 bits per heavy atom. The van der Waals surface area contributed by atoms with E-state index >= 15 is 0 Å². The van der Waals surface area contributed by atoms with Gasteiger partial charge in [-0.25, -0.2) is 4.98 Å². The van der Waals surface area contributed by atoms with Crippen molar-refractivity contribution in [3.05, 3.63) is 48.5 Å². The highest BCUT2D eigenvalue weighted by molar-refractivity contribution is 6.17. The number of hydrogen-bond donors (Lipinski definition) is 0. The summed E-state index contributed by atoms with van der Waals surface area (Å²) in [7, 11) is 0. The lowest BCUT2D eigenvalue weighted by molar-refractivity contribution is 0.340. The van der Waals surface area contributed by atoms with Gasteiger partial charge in [0.25, 0.3) is 0 Å². The molecular weight excluding hydrogens is 286 g/mol. The summed E-state index contributed by atoms with van der Waals surface area (Å²) in [5.74, 6) is 2.34. The van der Waals surface area contributed by atoms with E-state index in [0.29, 0.717) is 18.9 Å². The van der Waals surface area contributed by atoms with Gasteiger partial charge in [-0.2, -0.15) is 0 Å². The summed E-state index contributed by atoms with van der Waals surface area (Å²) in [5.41, 5.74) is 2.97. The molecule has 3 rings (SSSR count). The minimum Gasteiger partial charge on any atom is -0.494 e. The number of aromatic nitrogens is 3. The highest BCUT2D eigenvalue weighted by Gasteiger charge is 2.12.